The lowest BCUT2D eigenvalue weighted by atomic mass is 10.0. The Labute approximate surface area is 215 Å². The molecule has 2 N–H and O–H groups in total. The Balaban J connectivity index is 1.27. The van der Waals surface area contributed by atoms with Crippen molar-refractivity contribution in [2.24, 2.45) is 14.1 Å². The van der Waals surface area contributed by atoms with E-state index in [9.17, 15) is 14.4 Å². The van der Waals surface area contributed by atoms with Gasteiger partial charge in [0.1, 0.15) is 12.7 Å². The fraction of sp³-hybridized carbons (Fsp3) is 0.174. The molecule has 0 aliphatic heterocycles. The molecule has 0 radical (unpaired) electrons. The maximum atomic E-state index is 12.8. The zero-order valence-electron chi connectivity index (χ0n) is 19.4. The van der Waals surface area contributed by atoms with E-state index in [1.54, 1.807) is 70.3 Å². The monoisotopic (exact) mass is 522 g/mol. The van der Waals surface area contributed by atoms with Crippen LogP contribution in [-0.4, -0.2) is 58.6 Å². The van der Waals surface area contributed by atoms with Gasteiger partial charge >= 0.3 is 0 Å². The minimum Gasteiger partial charge on any atom is -0.325 e. The smallest absolute Gasteiger partial charge is 0.234 e. The molecule has 4 rings (SSSR count). The van der Waals surface area contributed by atoms with Gasteiger partial charge in [0.25, 0.3) is 0 Å². The van der Waals surface area contributed by atoms with Crippen LogP contribution in [0.3, 0.4) is 0 Å². The average molecular weight is 523 g/mol. The molecule has 0 fully saturated rings. The predicted octanol–water partition coefficient (Wildman–Crippen LogP) is 2.64. The molecule has 2 amide bonds. The van der Waals surface area contributed by atoms with Crippen molar-refractivity contribution in [1.29, 1.82) is 0 Å². The van der Waals surface area contributed by atoms with Crippen molar-refractivity contribution in [3.8, 4) is 0 Å². The molecule has 0 unspecified atom stereocenters. The molecule has 0 bridgehead atoms. The van der Waals surface area contributed by atoms with Crippen molar-refractivity contribution in [2.75, 3.05) is 22.1 Å². The van der Waals surface area contributed by atoms with Gasteiger partial charge in [-0.25, -0.2) is 0 Å². The van der Waals surface area contributed by atoms with Gasteiger partial charge in [-0.05, 0) is 48.5 Å². The molecule has 184 valence electrons. The van der Waals surface area contributed by atoms with E-state index in [0.717, 1.165) is 0 Å². The lowest BCUT2D eigenvalue weighted by Gasteiger charge is -2.08. The number of thioether (sulfide) groups is 2. The number of aryl methyl sites for hydroxylation is 2. The highest BCUT2D eigenvalue weighted by atomic mass is 32.2. The SMILES string of the molecule is Cn1cnnc1SCC(=O)Nc1ccc(C(=O)c2ccc(NC(=O)CSc3nncn3C)cc2)cc1. The molecular weight excluding hydrogens is 500 g/mol. The maximum Gasteiger partial charge on any atom is 0.234 e. The van der Waals surface area contributed by atoms with E-state index in [1.807, 2.05) is 14.1 Å². The second kappa shape index (κ2) is 11.6. The molecule has 0 saturated carbocycles. The summed E-state index contributed by atoms with van der Waals surface area (Å²) < 4.78 is 3.47. The zero-order valence-corrected chi connectivity index (χ0v) is 21.0. The predicted molar refractivity (Wildman–Crippen MR) is 137 cm³/mol. The molecular formula is C23H22N8O3S2. The Morgan fingerprint density at radius 3 is 1.42 bits per heavy atom. The normalized spacial score (nSPS) is 10.7. The third-order valence-corrected chi connectivity index (χ3v) is 6.93. The van der Waals surface area contributed by atoms with Crippen molar-refractivity contribution in [3.05, 3.63) is 72.3 Å². The van der Waals surface area contributed by atoms with Crippen LogP contribution in [0, 0.1) is 0 Å². The fourth-order valence-corrected chi connectivity index (χ4v) is 4.41. The number of nitrogens with zero attached hydrogens (tertiary/aromatic N) is 6. The van der Waals surface area contributed by atoms with Gasteiger partial charge in [-0.2, -0.15) is 0 Å². The number of anilines is 2. The van der Waals surface area contributed by atoms with Gasteiger partial charge < -0.3 is 19.8 Å². The summed E-state index contributed by atoms with van der Waals surface area (Å²) in [5.41, 5.74) is 2.15. The molecule has 0 atom stereocenters. The van der Waals surface area contributed by atoms with Gasteiger partial charge in [-0.1, -0.05) is 23.5 Å². The number of nitrogens with one attached hydrogen (secondary N) is 2. The molecule has 0 aliphatic carbocycles. The largest absolute Gasteiger partial charge is 0.325 e. The second-order valence-electron chi connectivity index (χ2n) is 7.61. The number of carbonyl (C=O) groups is 3. The van der Waals surface area contributed by atoms with Crippen molar-refractivity contribution in [3.63, 3.8) is 0 Å². The van der Waals surface area contributed by atoms with Crippen LogP contribution in [-0.2, 0) is 23.7 Å². The van der Waals surface area contributed by atoms with Gasteiger partial charge in [0, 0.05) is 36.6 Å². The van der Waals surface area contributed by atoms with E-state index in [1.165, 1.54) is 23.5 Å². The van der Waals surface area contributed by atoms with E-state index in [-0.39, 0.29) is 29.1 Å². The van der Waals surface area contributed by atoms with Crippen molar-refractivity contribution < 1.29 is 14.4 Å². The van der Waals surface area contributed by atoms with Gasteiger partial charge in [-0.15, -0.1) is 20.4 Å². The van der Waals surface area contributed by atoms with Crippen LogP contribution in [0.1, 0.15) is 15.9 Å². The van der Waals surface area contributed by atoms with Crippen LogP contribution in [0.4, 0.5) is 11.4 Å². The molecule has 0 saturated heterocycles. The van der Waals surface area contributed by atoms with Gasteiger partial charge in [0.15, 0.2) is 16.1 Å². The Morgan fingerprint density at radius 2 is 1.08 bits per heavy atom. The highest BCUT2D eigenvalue weighted by molar-refractivity contribution is 8.00. The molecule has 2 aromatic heterocycles. The number of hydrogen-bond donors (Lipinski definition) is 2. The number of benzene rings is 2. The number of amides is 2. The molecule has 36 heavy (non-hydrogen) atoms. The fourth-order valence-electron chi connectivity index (χ4n) is 3.04. The maximum absolute atomic E-state index is 12.8. The summed E-state index contributed by atoms with van der Waals surface area (Å²) in [5.74, 6) is -0.157. The summed E-state index contributed by atoms with van der Waals surface area (Å²) in [6.45, 7) is 0. The van der Waals surface area contributed by atoms with Crippen LogP contribution in [0.15, 0.2) is 71.5 Å². The zero-order chi connectivity index (χ0) is 25.5. The molecule has 2 heterocycles. The third kappa shape index (κ3) is 6.58. The standard InChI is InChI=1S/C23H22N8O3S2/c1-30-13-24-28-22(30)35-11-19(32)26-17-7-3-15(4-8-17)21(34)16-5-9-18(10-6-16)27-20(33)12-36-23-29-25-14-31(23)2/h3-10,13-14H,11-12H2,1-2H3,(H,26,32)(H,27,33). The first-order chi connectivity index (χ1) is 17.4. The summed E-state index contributed by atoms with van der Waals surface area (Å²) in [6.07, 6.45) is 3.14. The molecule has 2 aromatic carbocycles. The van der Waals surface area contributed by atoms with Crippen LogP contribution in [0.5, 0.6) is 0 Å². The van der Waals surface area contributed by atoms with E-state index in [0.29, 0.717) is 32.8 Å². The molecule has 11 nitrogen and oxygen atoms in total. The molecule has 4 aromatic rings. The Kier molecular flexibility index (Phi) is 8.13. The van der Waals surface area contributed by atoms with Crippen molar-refractivity contribution in [2.45, 2.75) is 10.3 Å². The number of rotatable bonds is 10. The van der Waals surface area contributed by atoms with E-state index >= 15 is 0 Å². The van der Waals surface area contributed by atoms with E-state index < -0.39 is 0 Å². The number of ketones is 1. The first kappa shape index (κ1) is 25.1. The minimum atomic E-state index is -0.185. The van der Waals surface area contributed by atoms with Crippen LogP contribution < -0.4 is 10.6 Å². The van der Waals surface area contributed by atoms with E-state index in [4.69, 9.17) is 0 Å². The van der Waals surface area contributed by atoms with Gasteiger partial charge in [-0.3, -0.25) is 14.4 Å². The lowest BCUT2D eigenvalue weighted by Crippen LogP contribution is -2.15. The summed E-state index contributed by atoms with van der Waals surface area (Å²) in [5, 5.41) is 22.3. The second-order valence-corrected chi connectivity index (χ2v) is 9.49. The Morgan fingerprint density at radius 1 is 0.694 bits per heavy atom. The van der Waals surface area contributed by atoms with Crippen LogP contribution in [0.25, 0.3) is 0 Å². The van der Waals surface area contributed by atoms with Gasteiger partial charge in [0.05, 0.1) is 11.5 Å². The summed E-state index contributed by atoms with van der Waals surface area (Å²) in [4.78, 5) is 37.2. The molecule has 0 spiro atoms. The first-order valence-electron chi connectivity index (χ1n) is 10.7. The van der Waals surface area contributed by atoms with E-state index in [2.05, 4.69) is 31.0 Å². The number of carbonyl (C=O) groups excluding carboxylic acids is 3. The van der Waals surface area contributed by atoms with Crippen LogP contribution >= 0.6 is 23.5 Å². The average Bonchev–Trinajstić information content (AvgIpc) is 3.49. The highest BCUT2D eigenvalue weighted by Crippen LogP contribution is 2.19. The number of hydrogen-bond acceptors (Lipinski definition) is 9. The summed E-state index contributed by atoms with van der Waals surface area (Å²) >= 11 is 2.57. The quantitative estimate of drug-likeness (QED) is 0.238. The Hall–Kier alpha value is -3.97. The van der Waals surface area contributed by atoms with Crippen molar-refractivity contribution >= 4 is 52.5 Å². The first-order valence-corrected chi connectivity index (χ1v) is 12.6. The van der Waals surface area contributed by atoms with Gasteiger partial charge in [0.2, 0.25) is 11.8 Å². The lowest BCUT2D eigenvalue weighted by molar-refractivity contribution is -0.114. The van der Waals surface area contributed by atoms with Crippen molar-refractivity contribution in [1.82, 2.24) is 29.5 Å². The van der Waals surface area contributed by atoms with Crippen LogP contribution in [0.2, 0.25) is 0 Å². The highest BCUT2D eigenvalue weighted by Gasteiger charge is 2.12. The Bertz CT molecular complexity index is 1260. The third-order valence-electron chi connectivity index (χ3n) is 4.87. The summed E-state index contributed by atoms with van der Waals surface area (Å²) in [6, 6.07) is 13.4. The molecule has 0 aliphatic rings. The topological polar surface area (TPSA) is 137 Å². The summed E-state index contributed by atoms with van der Waals surface area (Å²) in [7, 11) is 3.61. The molecule has 13 heteroatoms. The number of aromatic nitrogens is 6. The minimum absolute atomic E-state index is 0.165.